The molecule has 164 valence electrons. The average Bonchev–Trinajstić information content (AvgIpc) is 3.20. The molecular weight excluding hydrogens is 453 g/mol. The van der Waals surface area contributed by atoms with Crippen LogP contribution in [0.3, 0.4) is 0 Å². The number of nitrogens with zero attached hydrogens (tertiary/aromatic N) is 4. The number of rotatable bonds is 6. The van der Waals surface area contributed by atoms with Gasteiger partial charge in [0.15, 0.2) is 0 Å². The number of amides is 1. The van der Waals surface area contributed by atoms with Crippen molar-refractivity contribution in [2.45, 2.75) is 30.5 Å². The Morgan fingerprint density at radius 3 is 2.62 bits per heavy atom. The summed E-state index contributed by atoms with van der Waals surface area (Å²) in [4.78, 5) is 34.4. The molecule has 4 aromatic rings. The highest BCUT2D eigenvalue weighted by Crippen LogP contribution is 2.24. The molecule has 10 heteroatoms. The van der Waals surface area contributed by atoms with Crippen molar-refractivity contribution >= 4 is 40.7 Å². The van der Waals surface area contributed by atoms with Gasteiger partial charge in [-0.1, -0.05) is 11.6 Å². The van der Waals surface area contributed by atoms with Gasteiger partial charge in [0.05, 0.1) is 10.7 Å². The third-order valence-electron chi connectivity index (χ3n) is 4.66. The van der Waals surface area contributed by atoms with Gasteiger partial charge in [0, 0.05) is 34.0 Å². The van der Waals surface area contributed by atoms with Crippen molar-refractivity contribution in [3.8, 4) is 0 Å². The molecule has 0 atom stereocenters. The smallest absolute Gasteiger partial charge is 0.274 e. The van der Waals surface area contributed by atoms with E-state index in [0.717, 1.165) is 11.0 Å². The third kappa shape index (κ3) is 4.68. The first-order valence-corrected chi connectivity index (χ1v) is 11.1. The molecule has 1 N–H and O–H groups in total. The van der Waals surface area contributed by atoms with Crippen molar-refractivity contribution in [2.24, 2.45) is 0 Å². The van der Waals surface area contributed by atoms with Crippen LogP contribution in [0, 0.1) is 5.82 Å². The fourth-order valence-electron chi connectivity index (χ4n) is 3.04. The SMILES string of the molecule is CC(C)n1cnc2nc(CSc3ccc(NC(=O)c4ccc(F)c(Cl)c4)cc3)cc(=O)n21. The van der Waals surface area contributed by atoms with E-state index in [1.807, 2.05) is 26.0 Å². The van der Waals surface area contributed by atoms with Crippen molar-refractivity contribution in [2.75, 3.05) is 5.32 Å². The molecule has 2 aromatic heterocycles. The minimum atomic E-state index is -0.575. The summed E-state index contributed by atoms with van der Waals surface area (Å²) in [5, 5.41) is 2.64. The summed E-state index contributed by atoms with van der Waals surface area (Å²) in [6.45, 7) is 3.94. The first-order chi connectivity index (χ1) is 15.3. The molecule has 1 amide bonds. The number of thioether (sulfide) groups is 1. The number of nitrogens with one attached hydrogen (secondary N) is 1. The van der Waals surface area contributed by atoms with Gasteiger partial charge in [-0.05, 0) is 56.3 Å². The van der Waals surface area contributed by atoms with E-state index in [9.17, 15) is 14.0 Å². The number of anilines is 1. The van der Waals surface area contributed by atoms with Gasteiger partial charge in [0.2, 0.25) is 0 Å². The lowest BCUT2D eigenvalue weighted by molar-refractivity contribution is 0.102. The van der Waals surface area contributed by atoms with Crippen LogP contribution >= 0.6 is 23.4 Å². The summed E-state index contributed by atoms with van der Waals surface area (Å²) in [6, 6.07) is 12.7. The number of carbonyl (C=O) groups excluding carboxylic acids is 1. The van der Waals surface area contributed by atoms with Gasteiger partial charge in [0.1, 0.15) is 12.1 Å². The van der Waals surface area contributed by atoms with Crippen LogP contribution in [0.5, 0.6) is 0 Å². The van der Waals surface area contributed by atoms with Crippen LogP contribution in [0.2, 0.25) is 5.02 Å². The number of halogens is 2. The number of benzene rings is 2. The van der Waals surface area contributed by atoms with Crippen LogP contribution in [0.25, 0.3) is 5.78 Å². The van der Waals surface area contributed by atoms with E-state index in [2.05, 4.69) is 15.3 Å². The predicted molar refractivity (Wildman–Crippen MR) is 123 cm³/mol. The van der Waals surface area contributed by atoms with E-state index >= 15 is 0 Å². The molecule has 0 fully saturated rings. The topological polar surface area (TPSA) is 81.3 Å². The molecule has 4 rings (SSSR count). The van der Waals surface area contributed by atoms with Crippen molar-refractivity contribution in [1.29, 1.82) is 0 Å². The Morgan fingerprint density at radius 2 is 1.94 bits per heavy atom. The molecule has 0 unspecified atom stereocenters. The molecule has 0 saturated heterocycles. The highest BCUT2D eigenvalue weighted by atomic mass is 35.5. The van der Waals surface area contributed by atoms with Gasteiger partial charge >= 0.3 is 0 Å². The van der Waals surface area contributed by atoms with Crippen molar-refractivity contribution in [3.05, 3.63) is 87.3 Å². The van der Waals surface area contributed by atoms with Gasteiger partial charge < -0.3 is 5.32 Å². The first-order valence-electron chi connectivity index (χ1n) is 9.77. The number of aromatic nitrogens is 4. The fraction of sp³-hybridized carbons (Fsp3) is 0.182. The van der Waals surface area contributed by atoms with E-state index < -0.39 is 5.82 Å². The monoisotopic (exact) mass is 471 g/mol. The second-order valence-electron chi connectivity index (χ2n) is 7.31. The lowest BCUT2D eigenvalue weighted by atomic mass is 10.2. The Kier molecular flexibility index (Phi) is 6.29. The van der Waals surface area contributed by atoms with Crippen LogP contribution in [-0.2, 0) is 5.75 Å². The van der Waals surface area contributed by atoms with E-state index in [4.69, 9.17) is 11.6 Å². The Bertz CT molecular complexity index is 1350. The minimum absolute atomic E-state index is 0.0961. The first kappa shape index (κ1) is 22.0. The lowest BCUT2D eigenvalue weighted by Gasteiger charge is -2.09. The maximum absolute atomic E-state index is 13.3. The molecule has 32 heavy (non-hydrogen) atoms. The summed E-state index contributed by atoms with van der Waals surface area (Å²) >= 11 is 7.25. The quantitative estimate of drug-likeness (QED) is 0.408. The van der Waals surface area contributed by atoms with E-state index in [1.54, 1.807) is 23.1 Å². The van der Waals surface area contributed by atoms with E-state index in [0.29, 0.717) is 22.9 Å². The zero-order valence-electron chi connectivity index (χ0n) is 17.3. The predicted octanol–water partition coefficient (Wildman–Crippen LogP) is 4.81. The fourth-order valence-corrected chi connectivity index (χ4v) is 4.02. The van der Waals surface area contributed by atoms with Gasteiger partial charge in [0.25, 0.3) is 17.2 Å². The molecular formula is C22H19ClFN5O2S. The Balaban J connectivity index is 1.41. The minimum Gasteiger partial charge on any atom is -0.322 e. The molecule has 7 nitrogen and oxygen atoms in total. The number of hydrogen-bond acceptors (Lipinski definition) is 5. The standard InChI is InChI=1S/C22H19ClFN5O2S/c1-13(2)28-12-25-22-27-16(10-20(30)29(22)28)11-32-17-6-4-15(5-7-17)26-21(31)14-3-8-19(24)18(23)9-14/h3-10,12-13H,11H2,1-2H3,(H,26,31). The molecule has 2 aromatic carbocycles. The maximum Gasteiger partial charge on any atom is 0.274 e. The molecule has 2 heterocycles. The van der Waals surface area contributed by atoms with Gasteiger partial charge in [-0.3, -0.25) is 14.3 Å². The molecule has 0 aliphatic rings. The van der Waals surface area contributed by atoms with Crippen molar-refractivity contribution in [3.63, 3.8) is 0 Å². The number of hydrogen-bond donors (Lipinski definition) is 1. The second kappa shape index (κ2) is 9.13. The Hall–Kier alpha value is -3.17. The van der Waals surface area contributed by atoms with E-state index in [1.165, 1.54) is 34.5 Å². The third-order valence-corrected chi connectivity index (χ3v) is 6.00. The van der Waals surface area contributed by atoms with Crippen LogP contribution in [-0.4, -0.2) is 25.1 Å². The summed E-state index contributed by atoms with van der Waals surface area (Å²) < 4.78 is 16.5. The Morgan fingerprint density at radius 1 is 1.19 bits per heavy atom. The zero-order valence-corrected chi connectivity index (χ0v) is 18.8. The average molecular weight is 472 g/mol. The van der Waals surface area contributed by atoms with Gasteiger partial charge in [-0.15, -0.1) is 11.8 Å². The largest absolute Gasteiger partial charge is 0.322 e. The molecule has 0 aliphatic heterocycles. The van der Waals surface area contributed by atoms with E-state index in [-0.39, 0.29) is 28.1 Å². The normalized spacial score (nSPS) is 11.3. The van der Waals surface area contributed by atoms with Crippen LogP contribution < -0.4 is 10.9 Å². The second-order valence-corrected chi connectivity index (χ2v) is 8.77. The molecule has 0 spiro atoms. The highest BCUT2D eigenvalue weighted by Gasteiger charge is 2.11. The van der Waals surface area contributed by atoms with Crippen LogP contribution in [0.4, 0.5) is 10.1 Å². The number of fused-ring (bicyclic) bond motifs is 1. The van der Waals surface area contributed by atoms with Crippen molar-refractivity contribution < 1.29 is 9.18 Å². The van der Waals surface area contributed by atoms with Gasteiger partial charge in [-0.2, -0.15) is 9.50 Å². The summed E-state index contributed by atoms with van der Waals surface area (Å²) in [6.07, 6.45) is 1.61. The lowest BCUT2D eigenvalue weighted by Crippen LogP contribution is -2.22. The Labute approximate surface area is 192 Å². The highest BCUT2D eigenvalue weighted by molar-refractivity contribution is 7.98. The molecule has 0 aliphatic carbocycles. The van der Waals surface area contributed by atoms with Crippen LogP contribution in [0.1, 0.15) is 35.9 Å². The molecule has 0 radical (unpaired) electrons. The zero-order chi connectivity index (χ0) is 22.8. The molecule has 0 saturated carbocycles. The molecule has 0 bridgehead atoms. The van der Waals surface area contributed by atoms with Gasteiger partial charge in [-0.25, -0.2) is 9.37 Å². The number of carbonyl (C=O) groups is 1. The summed E-state index contributed by atoms with van der Waals surface area (Å²) in [5.74, 6) is -0.0823. The van der Waals surface area contributed by atoms with Crippen molar-refractivity contribution in [1.82, 2.24) is 19.2 Å². The summed E-state index contributed by atoms with van der Waals surface area (Å²) in [5.41, 5.74) is 1.33. The van der Waals surface area contributed by atoms with Crippen LogP contribution in [0.15, 0.2) is 64.5 Å². The summed E-state index contributed by atoms with van der Waals surface area (Å²) in [7, 11) is 0. The maximum atomic E-state index is 13.3.